The van der Waals surface area contributed by atoms with Gasteiger partial charge in [0.05, 0.1) is 25.9 Å². The Morgan fingerprint density at radius 2 is 1.88 bits per heavy atom. The lowest BCUT2D eigenvalue weighted by atomic mass is 10.0. The van der Waals surface area contributed by atoms with Gasteiger partial charge in [0, 0.05) is 5.56 Å². The first-order valence-corrected chi connectivity index (χ1v) is 7.39. The van der Waals surface area contributed by atoms with Crippen LogP contribution in [0.5, 0.6) is 17.2 Å². The number of benzene rings is 2. The molecular weight excluding hydrogens is 327 g/mol. The Balaban J connectivity index is 2.12. The minimum Gasteiger partial charge on any atom is -0.504 e. The van der Waals surface area contributed by atoms with E-state index in [1.165, 1.54) is 44.8 Å². The van der Waals surface area contributed by atoms with Crippen LogP contribution in [0, 0.1) is 5.82 Å². The third-order valence-electron chi connectivity index (χ3n) is 3.77. The third kappa shape index (κ3) is 2.82. The number of methoxy groups -OCH3 is 2. The van der Waals surface area contributed by atoms with Gasteiger partial charge in [-0.25, -0.2) is 4.39 Å². The van der Waals surface area contributed by atoms with Crippen LogP contribution in [0.3, 0.4) is 0 Å². The van der Waals surface area contributed by atoms with Gasteiger partial charge in [0.2, 0.25) is 5.75 Å². The van der Waals surface area contributed by atoms with Crippen LogP contribution in [-0.2, 0) is 0 Å². The van der Waals surface area contributed by atoms with E-state index in [9.17, 15) is 14.3 Å². The van der Waals surface area contributed by atoms with Crippen molar-refractivity contribution in [3.05, 3.63) is 59.6 Å². The minimum atomic E-state index is -0.556. The van der Waals surface area contributed by atoms with Crippen molar-refractivity contribution in [2.45, 2.75) is 0 Å². The van der Waals surface area contributed by atoms with Crippen molar-refractivity contribution in [3.63, 3.8) is 0 Å². The Labute approximate surface area is 142 Å². The normalized spacial score (nSPS) is 11.2. The topological polar surface area (TPSA) is 68.9 Å². The predicted molar refractivity (Wildman–Crippen MR) is 90.7 cm³/mol. The summed E-state index contributed by atoms with van der Waals surface area (Å²) in [6, 6.07) is 7.65. The number of carbonyl (C=O) groups is 1. The van der Waals surface area contributed by atoms with Crippen LogP contribution in [0.1, 0.15) is 15.9 Å². The van der Waals surface area contributed by atoms with Crippen LogP contribution in [0.4, 0.5) is 4.39 Å². The number of carbonyl (C=O) groups excluding carboxylic acids is 1. The van der Waals surface area contributed by atoms with Crippen molar-refractivity contribution in [3.8, 4) is 17.2 Å². The van der Waals surface area contributed by atoms with E-state index in [1.54, 1.807) is 18.2 Å². The second-order valence-electron chi connectivity index (χ2n) is 5.17. The molecule has 0 unspecified atom stereocenters. The highest BCUT2D eigenvalue weighted by atomic mass is 19.1. The summed E-state index contributed by atoms with van der Waals surface area (Å²) in [5, 5.41) is 10.9. The number of rotatable bonds is 5. The van der Waals surface area contributed by atoms with Gasteiger partial charge in [-0.1, -0.05) is 18.2 Å². The summed E-state index contributed by atoms with van der Waals surface area (Å²) in [4.78, 5) is 12.6. The summed E-state index contributed by atoms with van der Waals surface area (Å²) in [5.41, 5.74) is 0.443. The number of fused-ring (bicyclic) bond motifs is 1. The van der Waals surface area contributed by atoms with Crippen LogP contribution >= 0.6 is 0 Å². The van der Waals surface area contributed by atoms with Crippen molar-refractivity contribution in [1.29, 1.82) is 0 Å². The standard InChI is InChI=1S/C19H15FO5/c1-23-17-12-9-10-25-18(12)19(24-2)16(22)15(17)14(21)8-7-11-5-3-4-6-13(11)20/h3-10,22H,1-2H3. The number of ether oxygens (including phenoxy) is 2. The maximum Gasteiger partial charge on any atom is 0.205 e. The molecule has 3 aromatic rings. The first-order valence-electron chi connectivity index (χ1n) is 7.39. The largest absolute Gasteiger partial charge is 0.504 e. The van der Waals surface area contributed by atoms with Crippen LogP contribution in [-0.4, -0.2) is 25.1 Å². The monoisotopic (exact) mass is 342 g/mol. The van der Waals surface area contributed by atoms with Gasteiger partial charge in [-0.05, 0) is 24.3 Å². The van der Waals surface area contributed by atoms with E-state index in [2.05, 4.69) is 0 Å². The number of phenols is 1. The molecule has 6 heteroatoms. The fourth-order valence-corrected chi connectivity index (χ4v) is 2.62. The summed E-state index contributed by atoms with van der Waals surface area (Å²) in [7, 11) is 2.73. The summed E-state index contributed by atoms with van der Waals surface area (Å²) >= 11 is 0. The van der Waals surface area contributed by atoms with Crippen LogP contribution in [0.2, 0.25) is 0 Å². The van der Waals surface area contributed by atoms with Gasteiger partial charge in [-0.15, -0.1) is 0 Å². The van der Waals surface area contributed by atoms with Crippen molar-refractivity contribution < 1.29 is 28.2 Å². The van der Waals surface area contributed by atoms with Crippen molar-refractivity contribution in [2.24, 2.45) is 0 Å². The number of ketones is 1. The molecule has 0 saturated carbocycles. The molecule has 2 aromatic carbocycles. The number of phenolic OH excluding ortho intramolecular Hbond substituents is 1. The van der Waals surface area contributed by atoms with E-state index < -0.39 is 17.3 Å². The third-order valence-corrected chi connectivity index (χ3v) is 3.77. The Morgan fingerprint density at radius 3 is 2.56 bits per heavy atom. The van der Waals surface area contributed by atoms with Gasteiger partial charge < -0.3 is 19.0 Å². The summed E-state index contributed by atoms with van der Waals surface area (Å²) in [6.45, 7) is 0. The smallest absolute Gasteiger partial charge is 0.205 e. The lowest BCUT2D eigenvalue weighted by molar-refractivity contribution is 0.104. The van der Waals surface area contributed by atoms with Crippen molar-refractivity contribution in [2.75, 3.05) is 14.2 Å². The molecule has 25 heavy (non-hydrogen) atoms. The molecule has 1 N–H and O–H groups in total. The minimum absolute atomic E-state index is 0.0310. The van der Waals surface area contributed by atoms with Crippen LogP contribution in [0.25, 0.3) is 17.0 Å². The highest BCUT2D eigenvalue weighted by Gasteiger charge is 2.26. The molecule has 1 aromatic heterocycles. The molecule has 0 saturated heterocycles. The molecule has 0 fully saturated rings. The van der Waals surface area contributed by atoms with E-state index >= 15 is 0 Å². The van der Waals surface area contributed by atoms with E-state index in [0.29, 0.717) is 5.39 Å². The predicted octanol–water partition coefficient (Wildman–Crippen LogP) is 4.19. The molecule has 0 aliphatic heterocycles. The van der Waals surface area contributed by atoms with Gasteiger partial charge in [0.15, 0.2) is 17.1 Å². The lowest BCUT2D eigenvalue weighted by Crippen LogP contribution is -2.02. The first kappa shape index (κ1) is 16.6. The molecule has 5 nitrogen and oxygen atoms in total. The molecule has 0 radical (unpaired) electrons. The SMILES string of the molecule is COc1c(C(=O)C=Cc2ccccc2F)c(O)c(OC)c2occc12. The zero-order chi connectivity index (χ0) is 18.0. The Kier molecular flexibility index (Phi) is 4.43. The van der Waals surface area contributed by atoms with Crippen LogP contribution < -0.4 is 9.47 Å². The fraction of sp³-hybridized carbons (Fsp3) is 0.105. The van der Waals surface area contributed by atoms with E-state index in [0.717, 1.165) is 0 Å². The number of allylic oxidation sites excluding steroid dienone is 1. The van der Waals surface area contributed by atoms with Gasteiger partial charge in [-0.3, -0.25) is 4.79 Å². The number of halogens is 1. The van der Waals surface area contributed by atoms with Gasteiger partial charge in [0.25, 0.3) is 0 Å². The second kappa shape index (κ2) is 6.68. The molecule has 0 aliphatic rings. The Morgan fingerprint density at radius 1 is 1.16 bits per heavy atom. The zero-order valence-electron chi connectivity index (χ0n) is 13.6. The number of hydrogen-bond donors (Lipinski definition) is 1. The highest BCUT2D eigenvalue weighted by Crippen LogP contribution is 2.45. The summed E-state index contributed by atoms with van der Waals surface area (Å²) in [5.74, 6) is -1.22. The Bertz CT molecular complexity index is 971. The number of furan rings is 1. The highest BCUT2D eigenvalue weighted by molar-refractivity contribution is 6.15. The molecule has 128 valence electrons. The number of hydrogen-bond acceptors (Lipinski definition) is 5. The van der Waals surface area contributed by atoms with E-state index in [-0.39, 0.29) is 28.2 Å². The molecule has 0 bridgehead atoms. The summed E-state index contributed by atoms with van der Waals surface area (Å²) < 4.78 is 29.4. The molecular formula is C19H15FO5. The van der Waals surface area contributed by atoms with E-state index in [4.69, 9.17) is 13.9 Å². The molecule has 1 heterocycles. The van der Waals surface area contributed by atoms with Gasteiger partial charge in [-0.2, -0.15) is 0 Å². The molecule has 0 aliphatic carbocycles. The first-order chi connectivity index (χ1) is 12.1. The fourth-order valence-electron chi connectivity index (χ4n) is 2.62. The quantitative estimate of drug-likeness (QED) is 0.556. The van der Waals surface area contributed by atoms with Gasteiger partial charge >= 0.3 is 0 Å². The molecule has 0 amide bonds. The average Bonchev–Trinajstić information content (AvgIpc) is 3.09. The second-order valence-corrected chi connectivity index (χ2v) is 5.17. The van der Waals surface area contributed by atoms with E-state index in [1.807, 2.05) is 0 Å². The summed E-state index contributed by atoms with van der Waals surface area (Å²) in [6.07, 6.45) is 3.91. The average molecular weight is 342 g/mol. The molecule has 0 spiro atoms. The number of aromatic hydroxyl groups is 1. The molecule has 0 atom stereocenters. The Hall–Kier alpha value is -3.28. The lowest BCUT2D eigenvalue weighted by Gasteiger charge is -2.13. The van der Waals surface area contributed by atoms with Crippen molar-refractivity contribution in [1.82, 2.24) is 0 Å². The maximum absolute atomic E-state index is 13.7. The zero-order valence-corrected chi connectivity index (χ0v) is 13.6. The van der Waals surface area contributed by atoms with Crippen molar-refractivity contribution >= 4 is 22.8 Å². The maximum atomic E-state index is 13.7. The van der Waals surface area contributed by atoms with Crippen LogP contribution in [0.15, 0.2) is 47.1 Å². The van der Waals surface area contributed by atoms with Gasteiger partial charge in [0.1, 0.15) is 17.1 Å². The molecule has 3 rings (SSSR count).